The summed E-state index contributed by atoms with van der Waals surface area (Å²) in [6.45, 7) is 8.95. The number of hydrogen-bond acceptors (Lipinski definition) is 5. The molecule has 6 heteroatoms. The molecule has 1 saturated heterocycles. The highest BCUT2D eigenvalue weighted by Crippen LogP contribution is 2.38. The summed E-state index contributed by atoms with van der Waals surface area (Å²) in [6, 6.07) is 2.35. The SMILES string of the molecule is CN1C(C)(C)CC(Nc2nc(Cl)ncc2C#N)CC1(C)C. The Kier molecular flexibility index (Phi) is 4.14. The fourth-order valence-corrected chi connectivity index (χ4v) is 3.35. The summed E-state index contributed by atoms with van der Waals surface area (Å²) in [5.41, 5.74) is 0.570. The first-order valence-electron chi connectivity index (χ1n) is 7.09. The molecule has 1 aromatic heterocycles. The van der Waals surface area contributed by atoms with Crippen LogP contribution in [0.2, 0.25) is 5.28 Å². The van der Waals surface area contributed by atoms with Gasteiger partial charge in [0.2, 0.25) is 5.28 Å². The van der Waals surface area contributed by atoms with Crippen LogP contribution in [0.4, 0.5) is 5.82 Å². The van der Waals surface area contributed by atoms with E-state index in [1.807, 2.05) is 0 Å². The molecule has 0 atom stereocenters. The molecule has 114 valence electrons. The van der Waals surface area contributed by atoms with Gasteiger partial charge in [-0.1, -0.05) is 0 Å². The molecule has 0 radical (unpaired) electrons. The molecule has 2 heterocycles. The molecule has 5 nitrogen and oxygen atoms in total. The van der Waals surface area contributed by atoms with Gasteiger partial charge in [0.15, 0.2) is 0 Å². The van der Waals surface area contributed by atoms with Crippen molar-refractivity contribution in [2.45, 2.75) is 57.7 Å². The van der Waals surface area contributed by atoms with Crippen molar-refractivity contribution in [1.29, 1.82) is 5.26 Å². The number of halogens is 1. The third-order valence-corrected chi connectivity index (χ3v) is 4.71. The Hall–Kier alpha value is -1.38. The van der Waals surface area contributed by atoms with Gasteiger partial charge in [-0.05, 0) is 59.2 Å². The fourth-order valence-electron chi connectivity index (χ4n) is 3.22. The van der Waals surface area contributed by atoms with E-state index < -0.39 is 0 Å². The molecule has 0 bridgehead atoms. The monoisotopic (exact) mass is 307 g/mol. The third-order valence-electron chi connectivity index (χ3n) is 4.53. The topological polar surface area (TPSA) is 64.8 Å². The summed E-state index contributed by atoms with van der Waals surface area (Å²) in [7, 11) is 2.17. The van der Waals surface area contributed by atoms with Gasteiger partial charge in [-0.25, -0.2) is 4.98 Å². The molecule has 0 saturated carbocycles. The lowest BCUT2D eigenvalue weighted by atomic mass is 9.77. The lowest BCUT2D eigenvalue weighted by molar-refractivity contribution is -0.00773. The van der Waals surface area contributed by atoms with E-state index in [9.17, 15) is 0 Å². The zero-order valence-electron chi connectivity index (χ0n) is 13.2. The van der Waals surface area contributed by atoms with Crippen molar-refractivity contribution in [1.82, 2.24) is 14.9 Å². The van der Waals surface area contributed by atoms with E-state index in [1.54, 1.807) is 0 Å². The van der Waals surface area contributed by atoms with Crippen LogP contribution < -0.4 is 5.32 Å². The van der Waals surface area contributed by atoms with Crippen LogP contribution in [0.5, 0.6) is 0 Å². The Morgan fingerprint density at radius 3 is 2.43 bits per heavy atom. The van der Waals surface area contributed by atoms with E-state index in [0.29, 0.717) is 11.4 Å². The second-order valence-corrected chi connectivity index (χ2v) is 7.28. The molecule has 1 N–H and O–H groups in total. The molecular formula is C15H22ClN5. The second kappa shape index (κ2) is 5.43. The van der Waals surface area contributed by atoms with Gasteiger partial charge in [0, 0.05) is 17.1 Å². The van der Waals surface area contributed by atoms with Crippen molar-refractivity contribution < 1.29 is 0 Å². The lowest BCUT2D eigenvalue weighted by Gasteiger charge is -2.53. The van der Waals surface area contributed by atoms with Crippen molar-refractivity contribution in [3.63, 3.8) is 0 Å². The van der Waals surface area contributed by atoms with Crippen LogP contribution in [0.3, 0.4) is 0 Å². The molecule has 21 heavy (non-hydrogen) atoms. The highest BCUT2D eigenvalue weighted by Gasteiger charge is 2.43. The van der Waals surface area contributed by atoms with E-state index in [1.165, 1.54) is 6.20 Å². The van der Waals surface area contributed by atoms with Gasteiger partial charge in [0.1, 0.15) is 17.5 Å². The minimum atomic E-state index is 0.0725. The average Bonchev–Trinajstić information content (AvgIpc) is 2.35. The standard InChI is InChI=1S/C15H22ClN5/c1-14(2)6-11(7-15(3,4)21(14)5)19-12-10(8-17)9-18-13(16)20-12/h9,11H,6-7H2,1-5H3,(H,18,19,20). The van der Waals surface area contributed by atoms with Crippen molar-refractivity contribution in [3.05, 3.63) is 17.0 Å². The first kappa shape index (κ1) is 16.0. The van der Waals surface area contributed by atoms with Gasteiger partial charge in [-0.3, -0.25) is 4.90 Å². The molecule has 0 spiro atoms. The van der Waals surface area contributed by atoms with E-state index >= 15 is 0 Å². The maximum Gasteiger partial charge on any atom is 0.224 e. The second-order valence-electron chi connectivity index (χ2n) is 6.95. The van der Waals surface area contributed by atoms with Crippen LogP contribution in [0, 0.1) is 11.3 Å². The molecule has 0 aliphatic carbocycles. The van der Waals surface area contributed by atoms with Crippen LogP contribution in [0.15, 0.2) is 6.20 Å². The van der Waals surface area contributed by atoms with Crippen LogP contribution in [0.1, 0.15) is 46.1 Å². The summed E-state index contributed by atoms with van der Waals surface area (Å²) in [5.74, 6) is 0.527. The van der Waals surface area contributed by atoms with Crippen molar-refractivity contribution in [2.75, 3.05) is 12.4 Å². The van der Waals surface area contributed by atoms with Crippen LogP contribution in [-0.4, -0.2) is 39.0 Å². The number of piperidine rings is 1. The Morgan fingerprint density at radius 1 is 1.33 bits per heavy atom. The molecule has 0 unspecified atom stereocenters. The molecular weight excluding hydrogens is 286 g/mol. The van der Waals surface area contributed by atoms with Gasteiger partial charge < -0.3 is 5.32 Å². The van der Waals surface area contributed by atoms with Crippen molar-refractivity contribution in [2.24, 2.45) is 0 Å². The zero-order chi connectivity index (χ0) is 15.8. The van der Waals surface area contributed by atoms with Gasteiger partial charge in [-0.2, -0.15) is 10.2 Å². The first-order valence-corrected chi connectivity index (χ1v) is 7.46. The number of likely N-dealkylation sites (tertiary alicyclic amines) is 1. The molecule has 0 amide bonds. The van der Waals surface area contributed by atoms with Gasteiger partial charge in [-0.15, -0.1) is 0 Å². The summed E-state index contributed by atoms with van der Waals surface area (Å²) >= 11 is 5.85. The number of nitriles is 1. The number of aromatic nitrogens is 2. The molecule has 1 aliphatic rings. The maximum atomic E-state index is 9.16. The van der Waals surface area contributed by atoms with Crippen molar-refractivity contribution >= 4 is 17.4 Å². The predicted octanol–water partition coefficient (Wildman–Crippen LogP) is 3.06. The number of hydrogen-bond donors (Lipinski definition) is 1. The molecule has 1 aromatic rings. The van der Waals surface area contributed by atoms with E-state index in [4.69, 9.17) is 16.9 Å². The van der Waals surface area contributed by atoms with E-state index in [-0.39, 0.29) is 22.4 Å². The Morgan fingerprint density at radius 2 is 1.90 bits per heavy atom. The van der Waals surface area contributed by atoms with Gasteiger partial charge >= 0.3 is 0 Å². The summed E-state index contributed by atoms with van der Waals surface area (Å²) in [4.78, 5) is 10.4. The van der Waals surface area contributed by atoms with Crippen molar-refractivity contribution in [3.8, 4) is 6.07 Å². The highest BCUT2D eigenvalue weighted by atomic mass is 35.5. The van der Waals surface area contributed by atoms with E-state index in [0.717, 1.165) is 12.8 Å². The van der Waals surface area contributed by atoms with E-state index in [2.05, 4.69) is 61.0 Å². The minimum absolute atomic E-state index is 0.0725. The number of anilines is 1. The summed E-state index contributed by atoms with van der Waals surface area (Å²) < 4.78 is 0. The third kappa shape index (κ3) is 3.28. The Labute approximate surface area is 131 Å². The molecule has 1 fully saturated rings. The Bertz CT molecular complexity index is 558. The highest BCUT2D eigenvalue weighted by molar-refractivity contribution is 6.28. The van der Waals surface area contributed by atoms with Gasteiger partial charge in [0.25, 0.3) is 0 Å². The van der Waals surface area contributed by atoms with Crippen LogP contribution in [0.25, 0.3) is 0 Å². The average molecular weight is 308 g/mol. The molecule has 0 aromatic carbocycles. The fraction of sp³-hybridized carbons (Fsp3) is 0.667. The number of nitrogens with zero attached hydrogens (tertiary/aromatic N) is 4. The predicted molar refractivity (Wildman–Crippen MR) is 84.3 cm³/mol. The zero-order valence-corrected chi connectivity index (χ0v) is 14.0. The van der Waals surface area contributed by atoms with Crippen LogP contribution in [-0.2, 0) is 0 Å². The number of rotatable bonds is 2. The quantitative estimate of drug-likeness (QED) is 0.851. The summed E-state index contributed by atoms with van der Waals surface area (Å²) in [6.07, 6.45) is 3.40. The minimum Gasteiger partial charge on any atom is -0.366 e. The maximum absolute atomic E-state index is 9.16. The normalized spacial score (nSPS) is 21.8. The Balaban J connectivity index is 2.25. The first-order chi connectivity index (χ1) is 9.65. The number of nitrogens with one attached hydrogen (secondary N) is 1. The molecule has 2 rings (SSSR count). The smallest absolute Gasteiger partial charge is 0.224 e. The molecule has 1 aliphatic heterocycles. The van der Waals surface area contributed by atoms with Gasteiger partial charge in [0.05, 0.1) is 6.20 Å². The van der Waals surface area contributed by atoms with Crippen LogP contribution >= 0.6 is 11.6 Å². The lowest BCUT2D eigenvalue weighted by Crippen LogP contribution is -2.61. The summed E-state index contributed by atoms with van der Waals surface area (Å²) in [5, 5.41) is 12.7. The largest absolute Gasteiger partial charge is 0.366 e.